The zero-order valence-electron chi connectivity index (χ0n) is 11.3. The molecule has 3 N–H and O–H groups in total. The van der Waals surface area contributed by atoms with E-state index in [0.29, 0.717) is 23.7 Å². The molecule has 0 radical (unpaired) electrons. The number of nitrogens with two attached hydrogens (primary N) is 1. The number of carbonyl (C=O) groups excluding carboxylic acids is 2. The number of nitrogens with one attached hydrogen (secondary N) is 1. The molecule has 1 amide bonds. The summed E-state index contributed by atoms with van der Waals surface area (Å²) in [6.07, 6.45) is 1.55. The minimum Gasteiger partial charge on any atom is -0.462 e. The normalized spacial score (nSPS) is 11.9. The SMILES string of the molecule is CCOC(=O)c1ccsc1NC(=O)C(C)CCCN. The molecule has 0 spiro atoms. The van der Waals surface area contributed by atoms with E-state index in [1.807, 2.05) is 6.92 Å². The molecule has 1 unspecified atom stereocenters. The first-order valence-electron chi connectivity index (χ1n) is 6.35. The molecule has 0 aromatic carbocycles. The van der Waals surface area contributed by atoms with E-state index in [1.165, 1.54) is 11.3 Å². The van der Waals surface area contributed by atoms with Gasteiger partial charge in [-0.2, -0.15) is 0 Å². The number of amides is 1. The van der Waals surface area contributed by atoms with Gasteiger partial charge >= 0.3 is 5.97 Å². The van der Waals surface area contributed by atoms with Crippen LogP contribution in [0, 0.1) is 5.92 Å². The summed E-state index contributed by atoms with van der Waals surface area (Å²) < 4.78 is 4.93. The fourth-order valence-corrected chi connectivity index (χ4v) is 2.34. The monoisotopic (exact) mass is 284 g/mol. The summed E-state index contributed by atoms with van der Waals surface area (Å²) in [6, 6.07) is 1.66. The predicted molar refractivity (Wildman–Crippen MR) is 76.4 cm³/mol. The highest BCUT2D eigenvalue weighted by Gasteiger charge is 2.18. The van der Waals surface area contributed by atoms with Crippen LogP contribution in [-0.4, -0.2) is 25.0 Å². The Kier molecular flexibility index (Phi) is 6.52. The molecule has 106 valence electrons. The van der Waals surface area contributed by atoms with E-state index in [4.69, 9.17) is 10.5 Å². The van der Waals surface area contributed by atoms with Crippen LogP contribution in [0.5, 0.6) is 0 Å². The average Bonchev–Trinajstić information content (AvgIpc) is 2.84. The summed E-state index contributed by atoms with van der Waals surface area (Å²) >= 11 is 1.32. The fourth-order valence-electron chi connectivity index (χ4n) is 1.57. The maximum absolute atomic E-state index is 12.0. The van der Waals surface area contributed by atoms with E-state index < -0.39 is 5.97 Å². The Labute approximate surface area is 117 Å². The summed E-state index contributed by atoms with van der Waals surface area (Å²) in [4.78, 5) is 23.6. The van der Waals surface area contributed by atoms with E-state index in [2.05, 4.69) is 5.32 Å². The maximum atomic E-state index is 12.0. The lowest BCUT2D eigenvalue weighted by Gasteiger charge is -2.11. The van der Waals surface area contributed by atoms with Gasteiger partial charge in [-0.05, 0) is 37.8 Å². The first-order valence-corrected chi connectivity index (χ1v) is 7.23. The van der Waals surface area contributed by atoms with E-state index in [9.17, 15) is 9.59 Å². The van der Waals surface area contributed by atoms with Crippen molar-refractivity contribution < 1.29 is 14.3 Å². The van der Waals surface area contributed by atoms with Gasteiger partial charge in [-0.1, -0.05) is 6.92 Å². The van der Waals surface area contributed by atoms with Crippen LogP contribution in [0.15, 0.2) is 11.4 Å². The first kappa shape index (κ1) is 15.7. The molecule has 1 aromatic heterocycles. The molecule has 0 fully saturated rings. The first-order chi connectivity index (χ1) is 9.10. The van der Waals surface area contributed by atoms with Gasteiger partial charge in [-0.15, -0.1) is 11.3 Å². The molecule has 0 saturated heterocycles. The second-order valence-electron chi connectivity index (χ2n) is 4.21. The number of hydrogen-bond donors (Lipinski definition) is 2. The van der Waals surface area contributed by atoms with Gasteiger partial charge in [0.1, 0.15) is 5.00 Å². The van der Waals surface area contributed by atoms with Crippen molar-refractivity contribution in [3.63, 3.8) is 0 Å². The van der Waals surface area contributed by atoms with Crippen LogP contribution >= 0.6 is 11.3 Å². The Bertz CT molecular complexity index is 431. The Morgan fingerprint density at radius 3 is 2.89 bits per heavy atom. The van der Waals surface area contributed by atoms with Gasteiger partial charge in [0.25, 0.3) is 0 Å². The lowest BCUT2D eigenvalue weighted by Crippen LogP contribution is -2.21. The second-order valence-corrected chi connectivity index (χ2v) is 5.12. The minimum atomic E-state index is -0.409. The van der Waals surface area contributed by atoms with E-state index in [1.54, 1.807) is 18.4 Å². The number of ether oxygens (including phenoxy) is 1. The third kappa shape index (κ3) is 4.65. The number of esters is 1. The molecule has 6 heteroatoms. The van der Waals surface area contributed by atoms with Crippen molar-refractivity contribution in [1.29, 1.82) is 0 Å². The predicted octanol–water partition coefficient (Wildman–Crippen LogP) is 2.24. The molecule has 1 atom stereocenters. The molecule has 1 aromatic rings. The molecule has 19 heavy (non-hydrogen) atoms. The van der Waals surface area contributed by atoms with Crippen molar-refractivity contribution in [1.82, 2.24) is 0 Å². The van der Waals surface area contributed by atoms with Crippen LogP contribution in [0.1, 0.15) is 37.0 Å². The van der Waals surface area contributed by atoms with Crippen LogP contribution in [0.25, 0.3) is 0 Å². The van der Waals surface area contributed by atoms with Gasteiger partial charge in [0.15, 0.2) is 0 Å². The molecule has 0 bridgehead atoms. The van der Waals surface area contributed by atoms with E-state index in [0.717, 1.165) is 12.8 Å². The lowest BCUT2D eigenvalue weighted by molar-refractivity contribution is -0.119. The third-order valence-corrected chi connectivity index (χ3v) is 3.52. The van der Waals surface area contributed by atoms with Gasteiger partial charge in [-0.25, -0.2) is 4.79 Å². The molecule has 0 saturated carbocycles. The zero-order valence-corrected chi connectivity index (χ0v) is 12.1. The van der Waals surface area contributed by atoms with Crippen LogP contribution in [0.4, 0.5) is 5.00 Å². The summed E-state index contributed by atoms with van der Waals surface area (Å²) in [5, 5.41) is 5.08. The average molecular weight is 284 g/mol. The Balaban J connectivity index is 2.64. The van der Waals surface area contributed by atoms with Gasteiger partial charge in [-0.3, -0.25) is 4.79 Å². The standard InChI is InChI=1S/C13H20N2O3S/c1-3-18-13(17)10-6-8-19-12(10)15-11(16)9(2)5-4-7-14/h6,8-9H,3-5,7,14H2,1-2H3,(H,15,16). The Morgan fingerprint density at radius 1 is 1.53 bits per heavy atom. The lowest BCUT2D eigenvalue weighted by atomic mass is 10.1. The summed E-state index contributed by atoms with van der Waals surface area (Å²) in [7, 11) is 0. The Hall–Kier alpha value is -1.40. The Morgan fingerprint density at radius 2 is 2.26 bits per heavy atom. The summed E-state index contributed by atoms with van der Waals surface area (Å²) in [6.45, 7) is 4.49. The van der Waals surface area contributed by atoms with Gasteiger partial charge in [0.05, 0.1) is 12.2 Å². The fraction of sp³-hybridized carbons (Fsp3) is 0.538. The maximum Gasteiger partial charge on any atom is 0.341 e. The van der Waals surface area contributed by atoms with Crippen molar-refractivity contribution >= 4 is 28.2 Å². The van der Waals surface area contributed by atoms with Crippen molar-refractivity contribution in [3.8, 4) is 0 Å². The molecule has 0 aliphatic carbocycles. The highest BCUT2D eigenvalue weighted by Crippen LogP contribution is 2.25. The quantitative estimate of drug-likeness (QED) is 0.752. The number of hydrogen-bond acceptors (Lipinski definition) is 5. The van der Waals surface area contributed by atoms with Crippen LogP contribution in [0.2, 0.25) is 0 Å². The molecular formula is C13H20N2O3S. The smallest absolute Gasteiger partial charge is 0.341 e. The number of rotatable bonds is 7. The van der Waals surface area contributed by atoms with Crippen molar-refractivity contribution in [2.24, 2.45) is 11.7 Å². The van der Waals surface area contributed by atoms with E-state index >= 15 is 0 Å². The number of anilines is 1. The van der Waals surface area contributed by atoms with Gasteiger partial charge < -0.3 is 15.8 Å². The highest BCUT2D eigenvalue weighted by atomic mass is 32.1. The van der Waals surface area contributed by atoms with Crippen molar-refractivity contribution in [2.45, 2.75) is 26.7 Å². The zero-order chi connectivity index (χ0) is 14.3. The van der Waals surface area contributed by atoms with Gasteiger partial charge in [0.2, 0.25) is 5.91 Å². The number of thiophene rings is 1. The van der Waals surface area contributed by atoms with E-state index in [-0.39, 0.29) is 11.8 Å². The third-order valence-electron chi connectivity index (χ3n) is 2.69. The minimum absolute atomic E-state index is 0.0959. The summed E-state index contributed by atoms with van der Waals surface area (Å²) in [5.41, 5.74) is 5.83. The molecular weight excluding hydrogens is 264 g/mol. The van der Waals surface area contributed by atoms with Gasteiger partial charge in [0, 0.05) is 5.92 Å². The molecule has 1 rings (SSSR count). The van der Waals surface area contributed by atoms with Crippen LogP contribution < -0.4 is 11.1 Å². The van der Waals surface area contributed by atoms with Crippen molar-refractivity contribution in [2.75, 3.05) is 18.5 Å². The molecule has 1 heterocycles. The second kappa shape index (κ2) is 7.91. The molecule has 0 aliphatic rings. The highest BCUT2D eigenvalue weighted by molar-refractivity contribution is 7.14. The largest absolute Gasteiger partial charge is 0.462 e. The van der Waals surface area contributed by atoms with Crippen LogP contribution in [-0.2, 0) is 9.53 Å². The summed E-state index contributed by atoms with van der Waals surface area (Å²) in [5.74, 6) is -0.629. The topological polar surface area (TPSA) is 81.4 Å². The van der Waals surface area contributed by atoms with Crippen LogP contribution in [0.3, 0.4) is 0 Å². The number of carbonyl (C=O) groups is 2. The molecule has 0 aliphatic heterocycles. The molecule has 5 nitrogen and oxygen atoms in total. The van der Waals surface area contributed by atoms with Crippen molar-refractivity contribution in [3.05, 3.63) is 17.0 Å².